The lowest BCUT2D eigenvalue weighted by molar-refractivity contribution is 0.167. The molecule has 0 aliphatic carbocycles. The van der Waals surface area contributed by atoms with Gasteiger partial charge >= 0.3 is 0 Å². The Kier molecular flexibility index (Phi) is 4.26. The summed E-state index contributed by atoms with van der Waals surface area (Å²) >= 11 is 0. The molecule has 0 spiro atoms. The molecule has 2 nitrogen and oxygen atoms in total. The molecular formula is C19H23NO. The van der Waals surface area contributed by atoms with Crippen LogP contribution in [0.2, 0.25) is 0 Å². The van der Waals surface area contributed by atoms with Gasteiger partial charge in [-0.1, -0.05) is 55.5 Å². The highest BCUT2D eigenvalue weighted by molar-refractivity contribution is 5.72. The van der Waals surface area contributed by atoms with E-state index >= 15 is 0 Å². The average molecular weight is 281 g/mol. The van der Waals surface area contributed by atoms with Crippen molar-refractivity contribution in [2.75, 3.05) is 6.54 Å². The zero-order valence-electron chi connectivity index (χ0n) is 12.8. The van der Waals surface area contributed by atoms with E-state index in [2.05, 4.69) is 61.6 Å². The van der Waals surface area contributed by atoms with Gasteiger partial charge < -0.3 is 10.1 Å². The molecule has 0 amide bonds. The van der Waals surface area contributed by atoms with Gasteiger partial charge in [0.2, 0.25) is 0 Å². The van der Waals surface area contributed by atoms with Crippen molar-refractivity contribution in [1.82, 2.24) is 5.32 Å². The molecule has 0 aromatic heterocycles. The fraction of sp³-hybridized carbons (Fsp3) is 0.368. The Balaban J connectivity index is 2.02. The van der Waals surface area contributed by atoms with Crippen LogP contribution in [-0.4, -0.2) is 12.6 Å². The van der Waals surface area contributed by atoms with Crippen molar-refractivity contribution in [3.8, 4) is 16.9 Å². The van der Waals surface area contributed by atoms with E-state index in [1.165, 1.54) is 16.7 Å². The molecule has 1 N–H and O–H groups in total. The third-order valence-corrected chi connectivity index (χ3v) is 4.03. The summed E-state index contributed by atoms with van der Waals surface area (Å²) in [4.78, 5) is 0. The molecule has 0 saturated carbocycles. The molecule has 1 aliphatic heterocycles. The summed E-state index contributed by atoms with van der Waals surface area (Å²) in [5.41, 5.74) is 3.71. The number of rotatable bonds is 4. The van der Waals surface area contributed by atoms with Gasteiger partial charge in [-0.15, -0.1) is 0 Å². The van der Waals surface area contributed by atoms with Crippen LogP contribution in [0.1, 0.15) is 38.3 Å². The highest BCUT2D eigenvalue weighted by Crippen LogP contribution is 2.41. The molecule has 0 radical (unpaired) electrons. The van der Waals surface area contributed by atoms with Crippen molar-refractivity contribution in [3.05, 3.63) is 54.1 Å². The van der Waals surface area contributed by atoms with E-state index in [-0.39, 0.29) is 6.10 Å². The zero-order valence-corrected chi connectivity index (χ0v) is 12.8. The summed E-state index contributed by atoms with van der Waals surface area (Å²) in [5, 5.41) is 3.66. The molecule has 1 aliphatic rings. The summed E-state index contributed by atoms with van der Waals surface area (Å²) < 4.78 is 6.19. The molecule has 2 aromatic rings. The summed E-state index contributed by atoms with van der Waals surface area (Å²) in [6, 6.07) is 17.4. The van der Waals surface area contributed by atoms with E-state index in [1.54, 1.807) is 0 Å². The topological polar surface area (TPSA) is 21.3 Å². The minimum Gasteiger partial charge on any atom is -0.490 e. The second-order valence-corrected chi connectivity index (χ2v) is 5.76. The first-order valence-corrected chi connectivity index (χ1v) is 7.88. The molecule has 2 aromatic carbocycles. The number of para-hydroxylation sites is 1. The first kappa shape index (κ1) is 14.2. The predicted octanol–water partition coefficient (Wildman–Crippen LogP) is 4.57. The summed E-state index contributed by atoms with van der Waals surface area (Å²) in [7, 11) is 0. The van der Waals surface area contributed by atoms with Crippen LogP contribution in [0.5, 0.6) is 5.75 Å². The minimum absolute atomic E-state index is 0.247. The smallest absolute Gasteiger partial charge is 0.132 e. The van der Waals surface area contributed by atoms with Crippen LogP contribution in [-0.2, 0) is 0 Å². The van der Waals surface area contributed by atoms with E-state index in [1.807, 2.05) is 6.07 Å². The van der Waals surface area contributed by atoms with Gasteiger partial charge in [0, 0.05) is 23.6 Å². The minimum atomic E-state index is 0.247. The number of fused-ring (bicyclic) bond motifs is 1. The Morgan fingerprint density at radius 3 is 2.67 bits per heavy atom. The Hall–Kier alpha value is -1.80. The maximum Gasteiger partial charge on any atom is 0.132 e. The molecule has 0 fully saturated rings. The highest BCUT2D eigenvalue weighted by Gasteiger charge is 2.27. The number of ether oxygens (including phenoxy) is 1. The monoisotopic (exact) mass is 281 g/mol. The van der Waals surface area contributed by atoms with Gasteiger partial charge in [0.25, 0.3) is 0 Å². The predicted molar refractivity (Wildman–Crippen MR) is 87.6 cm³/mol. The van der Waals surface area contributed by atoms with Crippen LogP contribution < -0.4 is 10.1 Å². The molecule has 1 heterocycles. The third-order valence-electron chi connectivity index (χ3n) is 4.03. The van der Waals surface area contributed by atoms with E-state index in [0.29, 0.717) is 6.04 Å². The van der Waals surface area contributed by atoms with E-state index in [4.69, 9.17) is 4.74 Å². The van der Waals surface area contributed by atoms with E-state index in [9.17, 15) is 0 Å². The Morgan fingerprint density at radius 2 is 1.90 bits per heavy atom. The van der Waals surface area contributed by atoms with Crippen molar-refractivity contribution in [3.63, 3.8) is 0 Å². The fourth-order valence-corrected chi connectivity index (χ4v) is 3.03. The van der Waals surface area contributed by atoms with Gasteiger partial charge in [0.15, 0.2) is 0 Å². The Morgan fingerprint density at radius 1 is 1.10 bits per heavy atom. The molecule has 110 valence electrons. The van der Waals surface area contributed by atoms with Gasteiger partial charge in [-0.3, -0.25) is 0 Å². The van der Waals surface area contributed by atoms with Crippen LogP contribution in [0, 0.1) is 0 Å². The largest absolute Gasteiger partial charge is 0.490 e. The zero-order chi connectivity index (χ0) is 14.7. The van der Waals surface area contributed by atoms with Gasteiger partial charge in [0.1, 0.15) is 5.75 Å². The van der Waals surface area contributed by atoms with Crippen LogP contribution in [0.15, 0.2) is 48.5 Å². The fourth-order valence-electron chi connectivity index (χ4n) is 3.03. The second-order valence-electron chi connectivity index (χ2n) is 5.76. The molecule has 0 saturated heterocycles. The first-order chi connectivity index (χ1) is 10.3. The van der Waals surface area contributed by atoms with Gasteiger partial charge in [0.05, 0.1) is 6.10 Å². The summed E-state index contributed by atoms with van der Waals surface area (Å²) in [6.45, 7) is 5.41. The van der Waals surface area contributed by atoms with Crippen molar-refractivity contribution in [1.29, 1.82) is 0 Å². The van der Waals surface area contributed by atoms with Crippen LogP contribution in [0.4, 0.5) is 0 Å². The lowest BCUT2D eigenvalue weighted by Gasteiger charge is -2.32. The van der Waals surface area contributed by atoms with Gasteiger partial charge in [-0.2, -0.15) is 0 Å². The SMILES string of the molecule is CCCNC1CC(C)Oc2c(-c3ccccc3)cccc21. The Labute approximate surface area is 127 Å². The van der Waals surface area contributed by atoms with Crippen molar-refractivity contribution in [2.45, 2.75) is 38.8 Å². The second kappa shape index (κ2) is 6.31. The maximum absolute atomic E-state index is 6.19. The number of benzene rings is 2. The number of nitrogens with one attached hydrogen (secondary N) is 1. The number of hydrogen-bond donors (Lipinski definition) is 1. The lowest BCUT2D eigenvalue weighted by Crippen LogP contribution is -2.32. The standard InChI is InChI=1S/C19H23NO/c1-3-12-20-18-13-14(2)21-19-16(10-7-11-17(18)19)15-8-5-4-6-9-15/h4-11,14,18,20H,3,12-13H2,1-2H3. The quantitative estimate of drug-likeness (QED) is 0.886. The van der Waals surface area contributed by atoms with E-state index in [0.717, 1.165) is 25.1 Å². The first-order valence-electron chi connectivity index (χ1n) is 7.88. The van der Waals surface area contributed by atoms with Crippen LogP contribution in [0.3, 0.4) is 0 Å². The maximum atomic E-state index is 6.19. The summed E-state index contributed by atoms with van der Waals surface area (Å²) in [5.74, 6) is 1.05. The molecule has 2 unspecified atom stereocenters. The Bertz CT molecular complexity index is 594. The van der Waals surface area contributed by atoms with Crippen LogP contribution >= 0.6 is 0 Å². The normalized spacial score (nSPS) is 20.7. The molecule has 21 heavy (non-hydrogen) atoms. The van der Waals surface area contributed by atoms with Crippen molar-refractivity contribution < 1.29 is 4.74 Å². The summed E-state index contributed by atoms with van der Waals surface area (Å²) in [6.07, 6.45) is 2.43. The van der Waals surface area contributed by atoms with E-state index < -0.39 is 0 Å². The average Bonchev–Trinajstić information content (AvgIpc) is 2.53. The molecule has 3 rings (SSSR count). The molecule has 2 atom stereocenters. The third kappa shape index (κ3) is 2.96. The molecule has 0 bridgehead atoms. The molecule has 2 heteroatoms. The van der Waals surface area contributed by atoms with Gasteiger partial charge in [-0.05, 0) is 25.5 Å². The van der Waals surface area contributed by atoms with Crippen molar-refractivity contribution in [2.24, 2.45) is 0 Å². The van der Waals surface area contributed by atoms with Crippen LogP contribution in [0.25, 0.3) is 11.1 Å². The van der Waals surface area contributed by atoms with Crippen molar-refractivity contribution >= 4 is 0 Å². The number of hydrogen-bond acceptors (Lipinski definition) is 2. The van der Waals surface area contributed by atoms with Gasteiger partial charge in [-0.25, -0.2) is 0 Å². The lowest BCUT2D eigenvalue weighted by atomic mass is 9.92. The highest BCUT2D eigenvalue weighted by atomic mass is 16.5. The molecular weight excluding hydrogens is 258 g/mol.